The van der Waals surface area contributed by atoms with E-state index < -0.39 is 11.7 Å². The van der Waals surface area contributed by atoms with Gasteiger partial charge in [-0.05, 0) is 35.9 Å². The van der Waals surface area contributed by atoms with Gasteiger partial charge in [-0.25, -0.2) is 9.18 Å². The molecule has 10 heteroatoms. The van der Waals surface area contributed by atoms with Gasteiger partial charge in [0, 0.05) is 51.5 Å². The van der Waals surface area contributed by atoms with E-state index in [1.54, 1.807) is 17.0 Å². The SMILES string of the molecule is O=C(NCC(c1cccc(F)c1)N1CCOCC1)N1CCN(c2cccc(C(F)(F)F)c2)CC1. The molecular weight excluding hydrogens is 452 g/mol. The predicted octanol–water partition coefficient (Wildman–Crippen LogP) is 3.75. The summed E-state index contributed by atoms with van der Waals surface area (Å²) in [5, 5.41) is 2.97. The number of carbonyl (C=O) groups is 1. The molecule has 0 radical (unpaired) electrons. The van der Waals surface area contributed by atoms with Crippen molar-refractivity contribution in [1.29, 1.82) is 0 Å². The molecule has 0 spiro atoms. The molecule has 0 aromatic heterocycles. The lowest BCUT2D eigenvalue weighted by atomic mass is 10.0. The number of urea groups is 1. The van der Waals surface area contributed by atoms with E-state index in [1.165, 1.54) is 18.2 Å². The van der Waals surface area contributed by atoms with Crippen molar-refractivity contribution in [3.8, 4) is 0 Å². The second kappa shape index (κ2) is 10.6. The minimum Gasteiger partial charge on any atom is -0.379 e. The zero-order valence-electron chi connectivity index (χ0n) is 18.7. The van der Waals surface area contributed by atoms with E-state index in [-0.39, 0.29) is 17.9 Å². The minimum atomic E-state index is -4.39. The van der Waals surface area contributed by atoms with Crippen LogP contribution in [0.1, 0.15) is 17.2 Å². The number of hydrogen-bond acceptors (Lipinski definition) is 4. The van der Waals surface area contributed by atoms with Crippen LogP contribution in [0.3, 0.4) is 0 Å². The van der Waals surface area contributed by atoms with Gasteiger partial charge in [0.1, 0.15) is 5.82 Å². The molecule has 1 atom stereocenters. The Morgan fingerprint density at radius 3 is 2.35 bits per heavy atom. The molecule has 1 unspecified atom stereocenters. The Morgan fingerprint density at radius 2 is 1.68 bits per heavy atom. The number of alkyl halides is 3. The highest BCUT2D eigenvalue weighted by Gasteiger charge is 2.31. The molecule has 2 amide bonds. The average Bonchev–Trinajstić information content (AvgIpc) is 2.84. The molecule has 2 heterocycles. The maximum absolute atomic E-state index is 13.8. The normalized spacial score (nSPS) is 18.6. The summed E-state index contributed by atoms with van der Waals surface area (Å²) < 4.78 is 58.3. The molecule has 34 heavy (non-hydrogen) atoms. The van der Waals surface area contributed by atoms with E-state index in [0.29, 0.717) is 64.7 Å². The first-order chi connectivity index (χ1) is 16.3. The number of morpholine rings is 1. The van der Waals surface area contributed by atoms with Crippen molar-refractivity contribution in [2.24, 2.45) is 0 Å². The molecule has 0 saturated carbocycles. The van der Waals surface area contributed by atoms with Crippen LogP contribution in [0.5, 0.6) is 0 Å². The molecule has 184 valence electrons. The monoisotopic (exact) mass is 480 g/mol. The zero-order valence-corrected chi connectivity index (χ0v) is 18.7. The highest BCUT2D eigenvalue weighted by atomic mass is 19.4. The molecule has 2 aliphatic heterocycles. The predicted molar refractivity (Wildman–Crippen MR) is 120 cm³/mol. The van der Waals surface area contributed by atoms with E-state index in [2.05, 4.69) is 10.2 Å². The molecule has 4 rings (SSSR count). The first kappa shape index (κ1) is 24.3. The number of piperazine rings is 1. The summed E-state index contributed by atoms with van der Waals surface area (Å²) in [6, 6.07) is 11.2. The quantitative estimate of drug-likeness (QED) is 0.663. The Labute approximate surface area is 196 Å². The highest BCUT2D eigenvalue weighted by Crippen LogP contribution is 2.32. The van der Waals surface area contributed by atoms with E-state index in [0.717, 1.165) is 17.7 Å². The number of benzene rings is 2. The van der Waals surface area contributed by atoms with Gasteiger partial charge in [-0.15, -0.1) is 0 Å². The van der Waals surface area contributed by atoms with Crippen molar-refractivity contribution in [3.05, 3.63) is 65.5 Å². The number of amides is 2. The third kappa shape index (κ3) is 5.98. The molecule has 6 nitrogen and oxygen atoms in total. The van der Waals surface area contributed by atoms with Gasteiger partial charge < -0.3 is 19.9 Å². The summed E-state index contributed by atoms with van der Waals surface area (Å²) in [5.74, 6) is -0.326. The van der Waals surface area contributed by atoms with Gasteiger partial charge in [-0.3, -0.25) is 4.90 Å². The fourth-order valence-corrected chi connectivity index (χ4v) is 4.40. The fourth-order valence-electron chi connectivity index (χ4n) is 4.40. The lowest BCUT2D eigenvalue weighted by Gasteiger charge is -2.38. The van der Waals surface area contributed by atoms with Crippen LogP contribution in [0, 0.1) is 5.82 Å². The Kier molecular flexibility index (Phi) is 7.57. The topological polar surface area (TPSA) is 48.1 Å². The third-order valence-corrected chi connectivity index (χ3v) is 6.27. The molecule has 2 saturated heterocycles. The number of anilines is 1. The van der Waals surface area contributed by atoms with Crippen molar-refractivity contribution in [2.45, 2.75) is 12.2 Å². The van der Waals surface area contributed by atoms with Crippen LogP contribution >= 0.6 is 0 Å². The summed E-state index contributed by atoms with van der Waals surface area (Å²) in [5.41, 5.74) is 0.599. The number of nitrogens with one attached hydrogen (secondary N) is 1. The molecule has 2 fully saturated rings. The van der Waals surface area contributed by atoms with Gasteiger partial charge in [0.2, 0.25) is 0 Å². The smallest absolute Gasteiger partial charge is 0.379 e. The Balaban J connectivity index is 1.34. The van der Waals surface area contributed by atoms with Gasteiger partial charge in [0.05, 0.1) is 24.8 Å². The molecular formula is C24H28F4N4O2. The molecule has 0 aliphatic carbocycles. The standard InChI is InChI=1S/C24H28F4N4O2/c25-20-5-1-3-18(15-20)22(31-11-13-34-14-12-31)17-29-23(33)32-9-7-30(8-10-32)21-6-2-4-19(16-21)24(26,27)28/h1-6,15-16,22H,7-14,17H2,(H,29,33). The van der Waals surface area contributed by atoms with Crippen molar-refractivity contribution >= 4 is 11.7 Å². The molecule has 1 N–H and O–H groups in total. The molecule has 2 aromatic carbocycles. The maximum Gasteiger partial charge on any atom is 0.416 e. The van der Waals surface area contributed by atoms with Crippen molar-refractivity contribution < 1.29 is 27.1 Å². The number of nitrogens with zero attached hydrogens (tertiary/aromatic N) is 3. The largest absolute Gasteiger partial charge is 0.416 e. The number of ether oxygens (including phenoxy) is 1. The van der Waals surface area contributed by atoms with E-state index in [1.807, 2.05) is 11.0 Å². The number of rotatable bonds is 5. The first-order valence-corrected chi connectivity index (χ1v) is 11.3. The van der Waals surface area contributed by atoms with Crippen LogP contribution in [0.4, 0.5) is 28.0 Å². The third-order valence-electron chi connectivity index (χ3n) is 6.27. The average molecular weight is 481 g/mol. The first-order valence-electron chi connectivity index (χ1n) is 11.3. The summed E-state index contributed by atoms with van der Waals surface area (Å²) in [6.45, 7) is 4.51. The van der Waals surface area contributed by atoms with Crippen LogP contribution in [0.15, 0.2) is 48.5 Å². The van der Waals surface area contributed by atoms with E-state index >= 15 is 0 Å². The van der Waals surface area contributed by atoms with Crippen molar-refractivity contribution in [1.82, 2.24) is 15.1 Å². The summed E-state index contributed by atoms with van der Waals surface area (Å²) in [6.07, 6.45) is -4.39. The van der Waals surface area contributed by atoms with Crippen molar-refractivity contribution in [2.75, 3.05) is 63.9 Å². The van der Waals surface area contributed by atoms with Crippen molar-refractivity contribution in [3.63, 3.8) is 0 Å². The number of carbonyl (C=O) groups excluding carboxylic acids is 1. The van der Waals surface area contributed by atoms with Crippen LogP contribution in [0.2, 0.25) is 0 Å². The van der Waals surface area contributed by atoms with E-state index in [4.69, 9.17) is 4.74 Å². The molecule has 2 aromatic rings. The maximum atomic E-state index is 13.8. The van der Waals surface area contributed by atoms with Crippen LogP contribution < -0.4 is 10.2 Å². The fraction of sp³-hybridized carbons (Fsp3) is 0.458. The van der Waals surface area contributed by atoms with Gasteiger partial charge in [0.25, 0.3) is 0 Å². The Bertz CT molecular complexity index is 973. The van der Waals surface area contributed by atoms with Gasteiger partial charge in [0.15, 0.2) is 0 Å². The summed E-state index contributed by atoms with van der Waals surface area (Å²) in [4.78, 5) is 18.5. The molecule has 2 aliphatic rings. The second-order valence-corrected chi connectivity index (χ2v) is 8.43. The van der Waals surface area contributed by atoms with Gasteiger partial charge in [-0.2, -0.15) is 13.2 Å². The lowest BCUT2D eigenvalue weighted by molar-refractivity contribution is -0.137. The summed E-state index contributed by atoms with van der Waals surface area (Å²) >= 11 is 0. The van der Waals surface area contributed by atoms with Gasteiger partial charge in [-0.1, -0.05) is 18.2 Å². The van der Waals surface area contributed by atoms with Crippen LogP contribution in [-0.2, 0) is 10.9 Å². The highest BCUT2D eigenvalue weighted by molar-refractivity contribution is 5.74. The van der Waals surface area contributed by atoms with E-state index in [9.17, 15) is 22.4 Å². The second-order valence-electron chi connectivity index (χ2n) is 8.43. The Hall–Kier alpha value is -2.85. The minimum absolute atomic E-state index is 0.185. The molecule has 0 bridgehead atoms. The van der Waals surface area contributed by atoms with Crippen LogP contribution in [-0.4, -0.2) is 74.9 Å². The number of hydrogen-bond donors (Lipinski definition) is 1. The zero-order chi connectivity index (χ0) is 24.1. The lowest BCUT2D eigenvalue weighted by Crippen LogP contribution is -2.53. The van der Waals surface area contributed by atoms with Crippen LogP contribution in [0.25, 0.3) is 0 Å². The Morgan fingerprint density at radius 1 is 0.971 bits per heavy atom. The van der Waals surface area contributed by atoms with Gasteiger partial charge >= 0.3 is 12.2 Å². The number of halogens is 4. The summed E-state index contributed by atoms with van der Waals surface area (Å²) in [7, 11) is 0.